The smallest absolute Gasteiger partial charge is 0.129 e. The molecule has 0 N–H and O–H groups in total. The highest BCUT2D eigenvalue weighted by Crippen LogP contribution is 2.19. The van der Waals surface area contributed by atoms with E-state index in [-0.39, 0.29) is 5.82 Å². The molecule has 0 unspecified atom stereocenters. The van der Waals surface area contributed by atoms with Gasteiger partial charge in [0, 0.05) is 12.7 Å². The van der Waals surface area contributed by atoms with E-state index in [0.717, 1.165) is 0 Å². The van der Waals surface area contributed by atoms with Crippen molar-refractivity contribution >= 4 is 0 Å². The molecule has 0 atom stereocenters. The molecule has 1 aromatic carbocycles. The van der Waals surface area contributed by atoms with Gasteiger partial charge < -0.3 is 9.47 Å². The molecule has 0 radical (unpaired) electrons. The molecule has 0 spiro atoms. The number of halogens is 1. The normalized spacial score (nSPS) is 9.13. The van der Waals surface area contributed by atoms with Crippen LogP contribution >= 0.6 is 0 Å². The van der Waals surface area contributed by atoms with Gasteiger partial charge in [-0.25, -0.2) is 4.39 Å². The number of benzene rings is 1. The van der Waals surface area contributed by atoms with Crippen molar-refractivity contribution in [3.05, 3.63) is 29.6 Å². The van der Waals surface area contributed by atoms with Gasteiger partial charge in [-0.2, -0.15) is 0 Å². The number of ether oxygens (including phenoxy) is 2. The Morgan fingerprint density at radius 3 is 2.47 bits per heavy atom. The maximum absolute atomic E-state index is 13.0. The maximum Gasteiger partial charge on any atom is 0.129 e. The first-order valence-corrected chi connectivity index (χ1v) is 5.12. The van der Waals surface area contributed by atoms with Gasteiger partial charge in [0.15, 0.2) is 0 Å². The fourth-order valence-corrected chi connectivity index (χ4v) is 0.979. The van der Waals surface area contributed by atoms with Crippen molar-refractivity contribution in [2.45, 2.75) is 20.8 Å². The topological polar surface area (TPSA) is 18.5 Å². The van der Waals surface area contributed by atoms with Crippen LogP contribution in [0.25, 0.3) is 0 Å². The standard InChI is InChI=1S/C10H13FO2.C2H6/c1-8-9(11)4-3-5-10(8)13-7-6-12-2;1-2/h3-5H,6-7H2,1-2H3;1-2H3. The molecule has 3 heteroatoms. The van der Waals surface area contributed by atoms with Crippen LogP contribution in [0.4, 0.5) is 4.39 Å². The molecule has 1 rings (SSSR count). The Balaban J connectivity index is 0.000000921. The van der Waals surface area contributed by atoms with E-state index in [1.54, 1.807) is 26.2 Å². The van der Waals surface area contributed by atoms with Gasteiger partial charge in [0.2, 0.25) is 0 Å². The van der Waals surface area contributed by atoms with Crippen molar-refractivity contribution in [3.63, 3.8) is 0 Å². The van der Waals surface area contributed by atoms with Crippen LogP contribution in [0, 0.1) is 12.7 Å². The number of hydrogen-bond donors (Lipinski definition) is 0. The van der Waals surface area contributed by atoms with E-state index < -0.39 is 0 Å². The summed E-state index contributed by atoms with van der Waals surface area (Å²) in [5.74, 6) is 0.340. The minimum absolute atomic E-state index is 0.241. The Hall–Kier alpha value is -1.09. The second-order valence-corrected chi connectivity index (χ2v) is 2.70. The molecule has 0 amide bonds. The van der Waals surface area contributed by atoms with E-state index >= 15 is 0 Å². The lowest BCUT2D eigenvalue weighted by Gasteiger charge is -2.08. The number of hydrogen-bond acceptors (Lipinski definition) is 2. The summed E-state index contributed by atoms with van der Waals surface area (Å²) in [5.41, 5.74) is 0.540. The van der Waals surface area contributed by atoms with Crippen molar-refractivity contribution in [2.24, 2.45) is 0 Å². The Kier molecular flexibility index (Phi) is 7.64. The van der Waals surface area contributed by atoms with Crippen LogP contribution < -0.4 is 4.74 Å². The van der Waals surface area contributed by atoms with Crippen molar-refractivity contribution in [3.8, 4) is 5.75 Å². The third-order valence-electron chi connectivity index (χ3n) is 1.76. The zero-order valence-electron chi connectivity index (χ0n) is 9.84. The summed E-state index contributed by atoms with van der Waals surface area (Å²) in [6.07, 6.45) is 0. The Bertz CT molecular complexity index is 274. The SMILES string of the molecule is CC.COCCOc1cccc(F)c1C. The van der Waals surface area contributed by atoms with E-state index in [2.05, 4.69) is 0 Å². The van der Waals surface area contributed by atoms with Crippen LogP contribution in [-0.2, 0) is 4.74 Å². The molecule has 0 aliphatic carbocycles. The van der Waals surface area contributed by atoms with E-state index in [4.69, 9.17) is 9.47 Å². The summed E-state index contributed by atoms with van der Waals surface area (Å²) in [6.45, 7) is 6.65. The molecule has 0 fully saturated rings. The lowest BCUT2D eigenvalue weighted by molar-refractivity contribution is 0.145. The molecule has 0 aliphatic rings. The highest BCUT2D eigenvalue weighted by molar-refractivity contribution is 5.33. The average Bonchev–Trinajstić information content (AvgIpc) is 2.27. The van der Waals surface area contributed by atoms with Crippen LogP contribution in [0.1, 0.15) is 19.4 Å². The van der Waals surface area contributed by atoms with Crippen molar-refractivity contribution in [2.75, 3.05) is 20.3 Å². The number of rotatable bonds is 4. The fourth-order valence-electron chi connectivity index (χ4n) is 0.979. The summed E-state index contributed by atoms with van der Waals surface area (Å²) < 4.78 is 23.1. The highest BCUT2D eigenvalue weighted by Gasteiger charge is 2.03. The van der Waals surface area contributed by atoms with Gasteiger partial charge >= 0.3 is 0 Å². The van der Waals surface area contributed by atoms with E-state index in [0.29, 0.717) is 24.5 Å². The first-order valence-electron chi connectivity index (χ1n) is 5.12. The molecule has 86 valence electrons. The predicted molar refractivity (Wildman–Crippen MR) is 59.9 cm³/mol. The maximum atomic E-state index is 13.0. The lowest BCUT2D eigenvalue weighted by atomic mass is 10.2. The molecular formula is C12H19FO2. The molecule has 0 aliphatic heterocycles. The Labute approximate surface area is 91.0 Å². The second-order valence-electron chi connectivity index (χ2n) is 2.70. The Morgan fingerprint density at radius 1 is 1.20 bits per heavy atom. The van der Waals surface area contributed by atoms with Crippen LogP contribution in [0.3, 0.4) is 0 Å². The molecular weight excluding hydrogens is 195 g/mol. The first-order chi connectivity index (χ1) is 7.25. The molecule has 0 saturated heterocycles. The highest BCUT2D eigenvalue weighted by atomic mass is 19.1. The number of methoxy groups -OCH3 is 1. The summed E-state index contributed by atoms with van der Waals surface area (Å²) in [7, 11) is 1.60. The zero-order valence-corrected chi connectivity index (χ0v) is 9.84. The van der Waals surface area contributed by atoms with Gasteiger partial charge in [-0.1, -0.05) is 19.9 Å². The average molecular weight is 214 g/mol. The molecule has 15 heavy (non-hydrogen) atoms. The van der Waals surface area contributed by atoms with Gasteiger partial charge in [0.1, 0.15) is 18.2 Å². The van der Waals surface area contributed by atoms with E-state index in [9.17, 15) is 4.39 Å². The minimum Gasteiger partial charge on any atom is -0.491 e. The quantitative estimate of drug-likeness (QED) is 0.717. The van der Waals surface area contributed by atoms with Gasteiger partial charge in [-0.05, 0) is 19.1 Å². The summed E-state index contributed by atoms with van der Waals surface area (Å²) in [5, 5.41) is 0. The fraction of sp³-hybridized carbons (Fsp3) is 0.500. The third-order valence-corrected chi connectivity index (χ3v) is 1.76. The zero-order chi connectivity index (χ0) is 11.7. The van der Waals surface area contributed by atoms with Crippen LogP contribution in [0.2, 0.25) is 0 Å². The van der Waals surface area contributed by atoms with Gasteiger partial charge in [0.05, 0.1) is 6.61 Å². The summed E-state index contributed by atoms with van der Waals surface area (Å²) in [4.78, 5) is 0. The molecule has 1 aromatic rings. The van der Waals surface area contributed by atoms with Crippen molar-refractivity contribution in [1.82, 2.24) is 0 Å². The monoisotopic (exact) mass is 214 g/mol. The van der Waals surface area contributed by atoms with Crippen LogP contribution in [0.15, 0.2) is 18.2 Å². The van der Waals surface area contributed by atoms with Gasteiger partial charge in [-0.15, -0.1) is 0 Å². The van der Waals surface area contributed by atoms with Crippen molar-refractivity contribution in [1.29, 1.82) is 0 Å². The molecule has 0 aromatic heterocycles. The van der Waals surface area contributed by atoms with Crippen molar-refractivity contribution < 1.29 is 13.9 Å². The first kappa shape index (κ1) is 13.9. The summed E-state index contributed by atoms with van der Waals surface area (Å²) in [6, 6.07) is 4.79. The van der Waals surface area contributed by atoms with Crippen LogP contribution in [0.5, 0.6) is 5.75 Å². The van der Waals surface area contributed by atoms with Crippen LogP contribution in [-0.4, -0.2) is 20.3 Å². The molecule has 0 heterocycles. The lowest BCUT2D eigenvalue weighted by Crippen LogP contribution is -2.05. The largest absolute Gasteiger partial charge is 0.491 e. The molecule has 0 bridgehead atoms. The molecule has 2 nitrogen and oxygen atoms in total. The minimum atomic E-state index is -0.241. The predicted octanol–water partition coefficient (Wildman–Crippen LogP) is 3.19. The second kappa shape index (κ2) is 8.24. The summed E-state index contributed by atoms with van der Waals surface area (Å²) >= 11 is 0. The third kappa shape index (κ3) is 4.79. The Morgan fingerprint density at radius 2 is 1.87 bits per heavy atom. The molecule has 0 saturated carbocycles. The van der Waals surface area contributed by atoms with E-state index in [1.807, 2.05) is 13.8 Å². The van der Waals surface area contributed by atoms with E-state index in [1.165, 1.54) is 6.07 Å². The van der Waals surface area contributed by atoms with Gasteiger partial charge in [-0.3, -0.25) is 0 Å². The van der Waals surface area contributed by atoms with Gasteiger partial charge in [0.25, 0.3) is 0 Å².